The molecule has 1 saturated heterocycles. The Bertz CT molecular complexity index is 499. The third-order valence-electron chi connectivity index (χ3n) is 3.74. The van der Waals surface area contributed by atoms with Gasteiger partial charge in [0.2, 0.25) is 0 Å². The Labute approximate surface area is 128 Å². The first-order valence-corrected chi connectivity index (χ1v) is 7.71. The molecule has 1 heterocycles. The molecule has 2 N–H and O–H groups in total. The highest BCUT2D eigenvalue weighted by atomic mass is 79.9. The molecule has 4 nitrogen and oxygen atoms in total. The van der Waals surface area contributed by atoms with Gasteiger partial charge in [-0.05, 0) is 43.9 Å². The Morgan fingerprint density at radius 2 is 2.25 bits per heavy atom. The molecular formula is C15H21BrN2O2. The van der Waals surface area contributed by atoms with Crippen molar-refractivity contribution < 1.29 is 9.53 Å². The Hall–Kier alpha value is -1.07. The number of hydrogen-bond acceptors (Lipinski definition) is 3. The molecule has 1 unspecified atom stereocenters. The summed E-state index contributed by atoms with van der Waals surface area (Å²) in [7, 11) is 1.82. The van der Waals surface area contributed by atoms with E-state index in [1.165, 1.54) is 6.42 Å². The van der Waals surface area contributed by atoms with Crippen LogP contribution in [-0.2, 0) is 4.74 Å². The SMILES string of the molecule is Cc1c(N)cc(Br)cc1C(=O)N(C)CC1CCCCO1. The number of halogens is 1. The summed E-state index contributed by atoms with van der Waals surface area (Å²) >= 11 is 3.39. The number of anilines is 1. The van der Waals surface area contributed by atoms with Gasteiger partial charge in [-0.15, -0.1) is 0 Å². The molecule has 2 rings (SSSR count). The average molecular weight is 341 g/mol. The van der Waals surface area contributed by atoms with Crippen LogP contribution in [0.4, 0.5) is 5.69 Å². The summed E-state index contributed by atoms with van der Waals surface area (Å²) in [6, 6.07) is 3.64. The monoisotopic (exact) mass is 340 g/mol. The predicted molar refractivity (Wildman–Crippen MR) is 83.8 cm³/mol. The summed E-state index contributed by atoms with van der Waals surface area (Å²) in [6.45, 7) is 3.31. The largest absolute Gasteiger partial charge is 0.398 e. The summed E-state index contributed by atoms with van der Waals surface area (Å²) in [5.74, 6) is -0.00956. The van der Waals surface area contributed by atoms with Crippen molar-refractivity contribution >= 4 is 27.5 Å². The van der Waals surface area contributed by atoms with Gasteiger partial charge in [0.05, 0.1) is 6.10 Å². The third kappa shape index (κ3) is 3.52. The number of ether oxygens (including phenoxy) is 1. The molecule has 1 aromatic carbocycles. The topological polar surface area (TPSA) is 55.6 Å². The fraction of sp³-hybridized carbons (Fsp3) is 0.533. The molecular weight excluding hydrogens is 320 g/mol. The molecule has 1 aliphatic heterocycles. The van der Waals surface area contributed by atoms with Crippen LogP contribution in [0.25, 0.3) is 0 Å². The van der Waals surface area contributed by atoms with Crippen LogP contribution in [0.2, 0.25) is 0 Å². The van der Waals surface area contributed by atoms with Crippen molar-refractivity contribution in [3.8, 4) is 0 Å². The summed E-state index contributed by atoms with van der Waals surface area (Å²) in [4.78, 5) is 14.3. The number of amides is 1. The first kappa shape index (κ1) is 15.3. The zero-order valence-electron chi connectivity index (χ0n) is 12.0. The summed E-state index contributed by atoms with van der Waals surface area (Å²) in [5.41, 5.74) is 8.02. The number of nitrogens with two attached hydrogens (primary N) is 1. The minimum atomic E-state index is -0.00956. The normalized spacial score (nSPS) is 18.9. The minimum absolute atomic E-state index is 0.00956. The number of nitrogens with zero attached hydrogens (tertiary/aromatic N) is 1. The molecule has 0 saturated carbocycles. The maximum atomic E-state index is 12.5. The molecule has 1 amide bonds. The van der Waals surface area contributed by atoms with Gasteiger partial charge < -0.3 is 15.4 Å². The van der Waals surface area contributed by atoms with Crippen molar-refractivity contribution in [2.45, 2.75) is 32.3 Å². The van der Waals surface area contributed by atoms with Crippen molar-refractivity contribution in [2.75, 3.05) is 25.9 Å². The van der Waals surface area contributed by atoms with E-state index in [0.29, 0.717) is 17.8 Å². The number of nitrogen functional groups attached to an aromatic ring is 1. The van der Waals surface area contributed by atoms with Gasteiger partial charge in [0.1, 0.15) is 0 Å². The number of likely N-dealkylation sites (N-methyl/N-ethyl adjacent to an activating group) is 1. The maximum absolute atomic E-state index is 12.5. The van der Waals surface area contributed by atoms with Gasteiger partial charge in [-0.25, -0.2) is 0 Å². The number of carbonyl (C=O) groups excluding carboxylic acids is 1. The van der Waals surface area contributed by atoms with Crippen LogP contribution < -0.4 is 5.73 Å². The standard InChI is InChI=1S/C15H21BrN2O2/c1-10-13(7-11(16)8-14(10)17)15(19)18(2)9-12-5-3-4-6-20-12/h7-8,12H,3-6,9,17H2,1-2H3. The second kappa shape index (κ2) is 6.59. The van der Waals surface area contributed by atoms with Crippen LogP contribution in [0.5, 0.6) is 0 Å². The van der Waals surface area contributed by atoms with Crippen LogP contribution in [0.1, 0.15) is 35.2 Å². The molecule has 20 heavy (non-hydrogen) atoms. The van der Waals surface area contributed by atoms with Crippen LogP contribution in [0.3, 0.4) is 0 Å². The quantitative estimate of drug-likeness (QED) is 0.860. The Balaban J connectivity index is 2.10. The van der Waals surface area contributed by atoms with Crippen LogP contribution in [-0.4, -0.2) is 37.1 Å². The van der Waals surface area contributed by atoms with Gasteiger partial charge in [0.25, 0.3) is 5.91 Å². The molecule has 1 aromatic rings. The minimum Gasteiger partial charge on any atom is -0.398 e. The van der Waals surface area contributed by atoms with E-state index in [4.69, 9.17) is 10.5 Å². The number of carbonyl (C=O) groups is 1. The van der Waals surface area contributed by atoms with E-state index in [0.717, 1.165) is 29.5 Å². The van der Waals surface area contributed by atoms with Gasteiger partial charge in [0.15, 0.2) is 0 Å². The summed E-state index contributed by atoms with van der Waals surface area (Å²) < 4.78 is 6.51. The second-order valence-electron chi connectivity index (χ2n) is 5.34. The average Bonchev–Trinajstić information content (AvgIpc) is 2.43. The lowest BCUT2D eigenvalue weighted by atomic mass is 10.0. The van der Waals surface area contributed by atoms with E-state index in [9.17, 15) is 4.79 Å². The molecule has 1 aliphatic rings. The Morgan fingerprint density at radius 3 is 2.90 bits per heavy atom. The molecule has 1 fully saturated rings. The molecule has 1 atom stereocenters. The molecule has 0 aliphatic carbocycles. The van der Waals surface area contributed by atoms with E-state index in [1.807, 2.05) is 26.1 Å². The van der Waals surface area contributed by atoms with Gasteiger partial charge in [-0.1, -0.05) is 15.9 Å². The lowest BCUT2D eigenvalue weighted by molar-refractivity contribution is -0.000201. The van der Waals surface area contributed by atoms with Gasteiger partial charge in [-0.3, -0.25) is 4.79 Å². The molecule has 5 heteroatoms. The smallest absolute Gasteiger partial charge is 0.254 e. The third-order valence-corrected chi connectivity index (χ3v) is 4.20. The highest BCUT2D eigenvalue weighted by Crippen LogP contribution is 2.24. The number of hydrogen-bond donors (Lipinski definition) is 1. The first-order valence-electron chi connectivity index (χ1n) is 6.91. The van der Waals surface area contributed by atoms with E-state index >= 15 is 0 Å². The van der Waals surface area contributed by atoms with Gasteiger partial charge in [0, 0.05) is 35.9 Å². The van der Waals surface area contributed by atoms with Crippen molar-refractivity contribution in [3.05, 3.63) is 27.7 Å². The van der Waals surface area contributed by atoms with E-state index in [-0.39, 0.29) is 12.0 Å². The highest BCUT2D eigenvalue weighted by Gasteiger charge is 2.21. The van der Waals surface area contributed by atoms with E-state index in [2.05, 4.69) is 15.9 Å². The summed E-state index contributed by atoms with van der Waals surface area (Å²) in [6.07, 6.45) is 3.48. The maximum Gasteiger partial charge on any atom is 0.254 e. The predicted octanol–water partition coefficient (Wildman–Crippen LogP) is 2.98. The van der Waals surface area contributed by atoms with Crippen molar-refractivity contribution in [2.24, 2.45) is 0 Å². The van der Waals surface area contributed by atoms with E-state index < -0.39 is 0 Å². The zero-order chi connectivity index (χ0) is 14.7. The number of rotatable bonds is 3. The van der Waals surface area contributed by atoms with Gasteiger partial charge in [-0.2, -0.15) is 0 Å². The number of benzene rings is 1. The molecule has 0 aromatic heterocycles. The molecule has 0 spiro atoms. The molecule has 0 radical (unpaired) electrons. The molecule has 110 valence electrons. The fourth-order valence-electron chi connectivity index (χ4n) is 2.47. The van der Waals surface area contributed by atoms with Crippen molar-refractivity contribution in [3.63, 3.8) is 0 Å². The fourth-order valence-corrected chi connectivity index (χ4v) is 2.94. The van der Waals surface area contributed by atoms with Crippen LogP contribution in [0, 0.1) is 6.92 Å². The van der Waals surface area contributed by atoms with E-state index in [1.54, 1.807) is 4.90 Å². The van der Waals surface area contributed by atoms with Crippen molar-refractivity contribution in [1.82, 2.24) is 4.90 Å². The lowest BCUT2D eigenvalue weighted by Gasteiger charge is -2.28. The highest BCUT2D eigenvalue weighted by molar-refractivity contribution is 9.10. The molecule has 0 bridgehead atoms. The van der Waals surface area contributed by atoms with Crippen LogP contribution >= 0.6 is 15.9 Å². The van der Waals surface area contributed by atoms with Gasteiger partial charge >= 0.3 is 0 Å². The summed E-state index contributed by atoms with van der Waals surface area (Å²) in [5, 5.41) is 0. The second-order valence-corrected chi connectivity index (χ2v) is 6.26. The Kier molecular flexibility index (Phi) is 5.05. The van der Waals surface area contributed by atoms with Crippen molar-refractivity contribution in [1.29, 1.82) is 0 Å². The zero-order valence-corrected chi connectivity index (χ0v) is 13.6. The van der Waals surface area contributed by atoms with Crippen LogP contribution in [0.15, 0.2) is 16.6 Å². The lowest BCUT2D eigenvalue weighted by Crippen LogP contribution is -2.37. The first-order chi connectivity index (χ1) is 9.49. The Morgan fingerprint density at radius 1 is 1.50 bits per heavy atom.